The molecule has 0 aliphatic carbocycles. The maximum atomic E-state index is 3.47. The molecule has 4 rings (SSSR count). The molecule has 0 N–H and O–H groups in total. The molecule has 0 radical (unpaired) electrons. The summed E-state index contributed by atoms with van der Waals surface area (Å²) >= 11 is 0. The molecule has 0 heteroatoms. The third-order valence-corrected chi connectivity index (χ3v) is 7.80. The topological polar surface area (TPSA) is 0 Å². The molecule has 0 aromatic heterocycles. The molecule has 0 saturated heterocycles. The van der Waals surface area contributed by atoms with Crippen LogP contribution in [-0.4, -0.2) is 0 Å². The first-order valence-corrected chi connectivity index (χ1v) is 16.1. The molecular weight excluding hydrogens is 516 g/mol. The van der Waals surface area contributed by atoms with Crippen LogP contribution in [0.2, 0.25) is 0 Å². The average molecular weight is 561 g/mol. The predicted molar refractivity (Wildman–Crippen MR) is 184 cm³/mol. The van der Waals surface area contributed by atoms with Crippen molar-refractivity contribution >= 4 is 0 Å². The van der Waals surface area contributed by atoms with Gasteiger partial charge >= 0.3 is 0 Å². The molecule has 43 heavy (non-hydrogen) atoms. The van der Waals surface area contributed by atoms with Gasteiger partial charge in [0.1, 0.15) is 0 Å². The van der Waals surface area contributed by atoms with Gasteiger partial charge in [-0.15, -0.1) is 0 Å². The van der Waals surface area contributed by atoms with E-state index in [4.69, 9.17) is 0 Å². The Morgan fingerprint density at radius 3 is 1.14 bits per heavy atom. The van der Waals surface area contributed by atoms with Crippen LogP contribution in [0.25, 0.3) is 0 Å². The number of rotatable bonds is 9. The number of unbranched alkanes of at least 4 members (excludes halogenated alkanes) is 3. The van der Waals surface area contributed by atoms with Gasteiger partial charge in [-0.25, -0.2) is 0 Å². The summed E-state index contributed by atoms with van der Waals surface area (Å²) in [6, 6.07) is 30.1. The maximum Gasteiger partial charge on any atom is 0.0447 e. The van der Waals surface area contributed by atoms with Crippen LogP contribution in [0.15, 0.2) is 84.9 Å². The highest BCUT2D eigenvalue weighted by atomic mass is 14.1. The van der Waals surface area contributed by atoms with Crippen molar-refractivity contribution in [2.45, 2.75) is 85.5 Å². The molecule has 0 bridgehead atoms. The molecule has 0 nitrogen and oxygen atoms in total. The molecule has 0 unspecified atom stereocenters. The Kier molecular flexibility index (Phi) is 12.4. The van der Waals surface area contributed by atoms with Gasteiger partial charge in [-0.3, -0.25) is 0 Å². The Bertz CT molecular complexity index is 1650. The predicted octanol–water partition coefficient (Wildman–Crippen LogP) is 10.2. The molecule has 0 atom stereocenters. The van der Waals surface area contributed by atoms with Gasteiger partial charge in [0.25, 0.3) is 0 Å². The van der Waals surface area contributed by atoms with Crippen LogP contribution in [0, 0.1) is 42.4 Å². The van der Waals surface area contributed by atoms with Crippen molar-refractivity contribution in [3.05, 3.63) is 141 Å². The highest BCUT2D eigenvalue weighted by Crippen LogP contribution is 2.19. The summed E-state index contributed by atoms with van der Waals surface area (Å²) in [5.41, 5.74) is 11.1. The quantitative estimate of drug-likeness (QED) is 0.179. The lowest BCUT2D eigenvalue weighted by molar-refractivity contribution is 0.795. The minimum Gasteiger partial charge on any atom is -0.0654 e. The molecule has 0 spiro atoms. The Morgan fingerprint density at radius 2 is 0.744 bits per heavy atom. The van der Waals surface area contributed by atoms with Gasteiger partial charge in [0.05, 0.1) is 0 Å². The average Bonchev–Trinajstić information content (AvgIpc) is 3.05. The summed E-state index contributed by atoms with van der Waals surface area (Å²) in [6.07, 6.45) is 10.6. The van der Waals surface area contributed by atoms with E-state index in [1.165, 1.54) is 55.2 Å². The first kappa shape index (κ1) is 31.5. The molecular formula is C43H44. The molecule has 4 aromatic rings. The van der Waals surface area contributed by atoms with E-state index in [1.54, 1.807) is 0 Å². The Balaban J connectivity index is 1.65. The van der Waals surface area contributed by atoms with Crippen LogP contribution in [-0.2, 0) is 19.3 Å². The number of aryl methyl sites for hydroxylation is 3. The summed E-state index contributed by atoms with van der Waals surface area (Å²) < 4.78 is 0. The van der Waals surface area contributed by atoms with Crippen LogP contribution in [0.5, 0.6) is 0 Å². The number of benzene rings is 4. The Labute approximate surface area is 261 Å². The van der Waals surface area contributed by atoms with E-state index in [2.05, 4.69) is 148 Å². The molecule has 216 valence electrons. The normalized spacial score (nSPS) is 10.1. The lowest BCUT2D eigenvalue weighted by Gasteiger charge is -2.06. The van der Waals surface area contributed by atoms with Crippen molar-refractivity contribution in [2.24, 2.45) is 0 Å². The van der Waals surface area contributed by atoms with E-state index >= 15 is 0 Å². The highest BCUT2D eigenvalue weighted by molar-refractivity contribution is 5.62. The fraction of sp³-hybridized carbons (Fsp3) is 0.302. The van der Waals surface area contributed by atoms with Gasteiger partial charge in [-0.05, 0) is 116 Å². The largest absolute Gasteiger partial charge is 0.0654 e. The zero-order valence-corrected chi connectivity index (χ0v) is 26.4. The number of hydrogen-bond acceptors (Lipinski definition) is 0. The monoisotopic (exact) mass is 560 g/mol. The van der Waals surface area contributed by atoms with Crippen molar-refractivity contribution in [3.8, 4) is 35.5 Å². The van der Waals surface area contributed by atoms with E-state index in [1.807, 2.05) is 0 Å². The zero-order chi connectivity index (χ0) is 30.3. The van der Waals surface area contributed by atoms with Crippen LogP contribution in [0.3, 0.4) is 0 Å². The second-order valence-electron chi connectivity index (χ2n) is 11.3. The van der Waals surface area contributed by atoms with E-state index in [0.29, 0.717) is 0 Å². The minimum absolute atomic E-state index is 0.936. The summed E-state index contributed by atoms with van der Waals surface area (Å²) in [7, 11) is 0. The van der Waals surface area contributed by atoms with Gasteiger partial charge in [-0.2, -0.15) is 0 Å². The van der Waals surface area contributed by atoms with Crippen LogP contribution < -0.4 is 0 Å². The fourth-order valence-corrected chi connectivity index (χ4v) is 4.93. The molecule has 0 saturated carbocycles. The first-order valence-electron chi connectivity index (χ1n) is 16.1. The molecule has 4 aromatic carbocycles. The maximum absolute atomic E-state index is 3.47. The number of hydrogen-bond donors (Lipinski definition) is 0. The summed E-state index contributed by atoms with van der Waals surface area (Å²) in [4.78, 5) is 0. The van der Waals surface area contributed by atoms with Gasteiger partial charge in [0, 0.05) is 33.4 Å². The molecule has 0 amide bonds. The SMILES string of the molecule is CCCCc1ccc(C#Cc2ccc(C#Cc3ccc(CCCC)cc3)c(C#Cc3ccc(CCCC)cc3)c2C)cc1. The van der Waals surface area contributed by atoms with Crippen molar-refractivity contribution in [1.82, 2.24) is 0 Å². The smallest absolute Gasteiger partial charge is 0.0447 e. The van der Waals surface area contributed by atoms with Crippen molar-refractivity contribution in [3.63, 3.8) is 0 Å². The lowest BCUT2D eigenvalue weighted by Crippen LogP contribution is -1.94. The summed E-state index contributed by atoms with van der Waals surface area (Å²) in [5, 5.41) is 0. The molecule has 0 aliphatic heterocycles. The molecule has 0 fully saturated rings. The van der Waals surface area contributed by atoms with Crippen molar-refractivity contribution in [1.29, 1.82) is 0 Å². The van der Waals surface area contributed by atoms with Gasteiger partial charge in [-0.1, -0.05) is 112 Å². The van der Waals surface area contributed by atoms with Crippen molar-refractivity contribution < 1.29 is 0 Å². The summed E-state index contributed by atoms with van der Waals surface area (Å²) in [6.45, 7) is 8.80. The van der Waals surface area contributed by atoms with Gasteiger partial charge < -0.3 is 0 Å². The van der Waals surface area contributed by atoms with Crippen LogP contribution >= 0.6 is 0 Å². The van der Waals surface area contributed by atoms with Crippen LogP contribution in [0.1, 0.15) is 115 Å². The van der Waals surface area contributed by atoms with Gasteiger partial charge in [0.2, 0.25) is 0 Å². The van der Waals surface area contributed by atoms with Crippen molar-refractivity contribution in [2.75, 3.05) is 0 Å². The zero-order valence-electron chi connectivity index (χ0n) is 26.4. The van der Waals surface area contributed by atoms with E-state index in [9.17, 15) is 0 Å². The van der Waals surface area contributed by atoms with Crippen LogP contribution in [0.4, 0.5) is 0 Å². The van der Waals surface area contributed by atoms with Gasteiger partial charge in [0.15, 0.2) is 0 Å². The molecule has 0 aliphatic rings. The first-order chi connectivity index (χ1) is 21.1. The van der Waals surface area contributed by atoms with E-state index < -0.39 is 0 Å². The highest BCUT2D eigenvalue weighted by Gasteiger charge is 2.07. The second kappa shape index (κ2) is 16.9. The lowest BCUT2D eigenvalue weighted by atomic mass is 9.96. The van der Waals surface area contributed by atoms with E-state index in [-0.39, 0.29) is 0 Å². The standard InChI is InChI=1S/C43H44/c1-5-8-11-35-14-20-38(21-15-35)26-29-41-31-32-42(30-27-39-22-16-36(17-23-39)12-9-6-2)43(34(41)4)33-28-40-24-18-37(19-25-40)13-10-7-3/h14-25,31-32H,5-13H2,1-4H3. The Morgan fingerprint density at radius 1 is 0.395 bits per heavy atom. The molecule has 0 heterocycles. The van der Waals surface area contributed by atoms with E-state index in [0.717, 1.165) is 58.2 Å². The summed E-state index contributed by atoms with van der Waals surface area (Å²) in [5.74, 6) is 20.5. The minimum atomic E-state index is 0.936. The third kappa shape index (κ3) is 9.82. The third-order valence-electron chi connectivity index (χ3n) is 7.80. The Hall–Kier alpha value is -4.44. The second-order valence-corrected chi connectivity index (χ2v) is 11.3. The fourth-order valence-electron chi connectivity index (χ4n) is 4.93.